The Hall–Kier alpha value is -0.402. The first-order chi connectivity index (χ1) is 7.57. The molecule has 0 aliphatic heterocycles. The zero-order valence-electron chi connectivity index (χ0n) is 9.52. The molecule has 0 radical (unpaired) electrons. The maximum atomic E-state index is 11.7. The standard InChI is InChI=1S/C12H17AsO2S/c1-3-4-9-16(14,15)10-11-5-7-12(13-2)8-6-11/h5-8H,2-4,9-10H2,1H3. The molecule has 0 N–H and O–H groups in total. The fourth-order valence-corrected chi connectivity index (χ4v) is 3.72. The Bertz CT molecular complexity index is 435. The molecule has 1 aromatic rings. The predicted octanol–water partition coefficient (Wildman–Crippen LogP) is 1.16. The fraction of sp³-hybridized carbons (Fsp3) is 0.417. The normalized spacial score (nSPS) is 11.8. The van der Waals surface area contributed by atoms with E-state index in [-0.39, 0.29) is 21.1 Å². The molecule has 0 saturated carbocycles. The van der Waals surface area contributed by atoms with Gasteiger partial charge in [0.15, 0.2) is 0 Å². The van der Waals surface area contributed by atoms with Gasteiger partial charge in [-0.05, 0) is 0 Å². The third kappa shape index (κ3) is 4.63. The predicted molar refractivity (Wildman–Crippen MR) is 71.3 cm³/mol. The summed E-state index contributed by atoms with van der Waals surface area (Å²) in [4.78, 5) is 0. The van der Waals surface area contributed by atoms with Crippen LogP contribution in [0.3, 0.4) is 0 Å². The second-order valence-electron chi connectivity index (χ2n) is 3.77. The molecule has 0 heterocycles. The molecule has 0 aliphatic rings. The Labute approximate surface area is 104 Å². The van der Waals surface area contributed by atoms with E-state index in [1.165, 1.54) is 4.35 Å². The molecule has 0 spiro atoms. The van der Waals surface area contributed by atoms with E-state index < -0.39 is 9.84 Å². The number of hydrogen-bond acceptors (Lipinski definition) is 2. The molecule has 0 amide bonds. The van der Waals surface area contributed by atoms with Crippen molar-refractivity contribution in [2.75, 3.05) is 5.75 Å². The first-order valence-electron chi connectivity index (χ1n) is 5.33. The van der Waals surface area contributed by atoms with Crippen LogP contribution < -0.4 is 4.35 Å². The van der Waals surface area contributed by atoms with Crippen molar-refractivity contribution >= 4 is 34.8 Å². The molecular weight excluding hydrogens is 283 g/mol. The van der Waals surface area contributed by atoms with Gasteiger partial charge in [0.1, 0.15) is 0 Å². The molecule has 4 heteroatoms. The Morgan fingerprint density at radius 3 is 2.38 bits per heavy atom. The summed E-state index contributed by atoms with van der Waals surface area (Å²) in [5.41, 5.74) is 0.884. The second kappa shape index (κ2) is 6.36. The van der Waals surface area contributed by atoms with E-state index in [1.807, 2.05) is 31.2 Å². The van der Waals surface area contributed by atoms with Gasteiger partial charge in [-0.3, -0.25) is 0 Å². The van der Waals surface area contributed by atoms with E-state index in [9.17, 15) is 8.42 Å². The SMILES string of the molecule is C=[As]c1ccc(CS(=O)(=O)CCCC)cc1. The molecule has 16 heavy (non-hydrogen) atoms. The summed E-state index contributed by atoms with van der Waals surface area (Å²) in [6.45, 7) is 2.00. The minimum absolute atomic E-state index is 0.0159. The van der Waals surface area contributed by atoms with Crippen LogP contribution in [-0.4, -0.2) is 34.8 Å². The molecule has 0 aromatic heterocycles. The van der Waals surface area contributed by atoms with E-state index in [0.717, 1.165) is 18.4 Å². The number of unbranched alkanes of at least 4 members (excludes halogenated alkanes) is 1. The minimum atomic E-state index is -2.92. The van der Waals surface area contributed by atoms with Crippen molar-refractivity contribution in [3.8, 4) is 0 Å². The number of benzene rings is 1. The molecule has 88 valence electrons. The van der Waals surface area contributed by atoms with Crippen molar-refractivity contribution in [3.05, 3.63) is 29.8 Å². The summed E-state index contributed by atoms with van der Waals surface area (Å²) in [6.07, 6.45) is 1.67. The van der Waals surface area contributed by atoms with Gasteiger partial charge in [0.05, 0.1) is 0 Å². The van der Waals surface area contributed by atoms with Gasteiger partial charge in [0, 0.05) is 0 Å². The van der Waals surface area contributed by atoms with Crippen molar-refractivity contribution in [2.45, 2.75) is 25.5 Å². The van der Waals surface area contributed by atoms with E-state index >= 15 is 0 Å². The third-order valence-electron chi connectivity index (χ3n) is 2.31. The van der Waals surface area contributed by atoms with Crippen molar-refractivity contribution in [2.24, 2.45) is 0 Å². The first kappa shape index (κ1) is 13.7. The molecule has 2 nitrogen and oxygen atoms in total. The summed E-state index contributed by atoms with van der Waals surface area (Å²) in [5.74, 6) is 0.466. The van der Waals surface area contributed by atoms with Crippen LogP contribution in [0.4, 0.5) is 0 Å². The van der Waals surface area contributed by atoms with E-state index in [0.29, 0.717) is 5.75 Å². The van der Waals surface area contributed by atoms with Crippen molar-refractivity contribution < 1.29 is 8.42 Å². The average Bonchev–Trinajstić information content (AvgIpc) is 2.27. The van der Waals surface area contributed by atoms with Crippen LogP contribution in [0, 0.1) is 0 Å². The van der Waals surface area contributed by atoms with Crippen LogP contribution in [0.25, 0.3) is 0 Å². The van der Waals surface area contributed by atoms with Gasteiger partial charge in [0.25, 0.3) is 0 Å². The van der Waals surface area contributed by atoms with E-state index in [2.05, 4.69) is 5.31 Å². The van der Waals surface area contributed by atoms with Crippen LogP contribution in [0.15, 0.2) is 24.3 Å². The van der Waals surface area contributed by atoms with Crippen molar-refractivity contribution in [1.29, 1.82) is 0 Å². The maximum absolute atomic E-state index is 11.7. The topological polar surface area (TPSA) is 34.1 Å². The van der Waals surface area contributed by atoms with Gasteiger partial charge in [-0.15, -0.1) is 0 Å². The average molecular weight is 300 g/mol. The first-order valence-corrected chi connectivity index (χ1v) is 9.42. The molecule has 0 bridgehead atoms. The van der Waals surface area contributed by atoms with E-state index in [1.54, 1.807) is 0 Å². The van der Waals surface area contributed by atoms with Crippen molar-refractivity contribution in [3.63, 3.8) is 0 Å². The van der Waals surface area contributed by atoms with Gasteiger partial charge < -0.3 is 0 Å². The monoisotopic (exact) mass is 300 g/mol. The summed E-state index contributed by atoms with van der Waals surface area (Å²) < 4.78 is 24.6. The molecule has 0 fully saturated rings. The Balaban J connectivity index is 2.68. The number of hydrogen-bond donors (Lipinski definition) is 0. The summed E-state index contributed by atoms with van der Waals surface area (Å²) >= 11 is -0.0159. The van der Waals surface area contributed by atoms with Gasteiger partial charge >= 0.3 is 104 Å². The number of rotatable bonds is 6. The number of sulfone groups is 1. The molecule has 0 saturated heterocycles. The van der Waals surface area contributed by atoms with Gasteiger partial charge in [-0.25, -0.2) is 0 Å². The zero-order chi connectivity index (χ0) is 12.0. The molecule has 1 aromatic carbocycles. The zero-order valence-corrected chi connectivity index (χ0v) is 12.2. The van der Waals surface area contributed by atoms with Crippen LogP contribution >= 0.6 is 0 Å². The Morgan fingerprint density at radius 2 is 1.88 bits per heavy atom. The molecule has 0 atom stereocenters. The van der Waals surface area contributed by atoms with Gasteiger partial charge in [0.2, 0.25) is 0 Å². The molecule has 0 unspecified atom stereocenters. The quantitative estimate of drug-likeness (QED) is 0.739. The Kier molecular flexibility index (Phi) is 5.43. The van der Waals surface area contributed by atoms with Crippen molar-refractivity contribution in [1.82, 2.24) is 0 Å². The van der Waals surface area contributed by atoms with Gasteiger partial charge in [-0.1, -0.05) is 0 Å². The van der Waals surface area contributed by atoms with E-state index in [4.69, 9.17) is 0 Å². The van der Waals surface area contributed by atoms with Crippen LogP contribution in [0.1, 0.15) is 25.3 Å². The molecule has 0 aliphatic carbocycles. The Morgan fingerprint density at radius 1 is 1.25 bits per heavy atom. The third-order valence-corrected chi connectivity index (χ3v) is 5.39. The molecular formula is C12H17AsO2S. The second-order valence-corrected chi connectivity index (χ2v) is 7.70. The van der Waals surface area contributed by atoms with Crippen LogP contribution in [0.2, 0.25) is 0 Å². The molecule has 1 rings (SSSR count). The van der Waals surface area contributed by atoms with Crippen LogP contribution in [-0.2, 0) is 15.6 Å². The van der Waals surface area contributed by atoms with Gasteiger partial charge in [-0.2, -0.15) is 0 Å². The fourth-order valence-electron chi connectivity index (χ4n) is 1.39. The summed E-state index contributed by atoms with van der Waals surface area (Å²) in [7, 11) is -2.92. The summed E-state index contributed by atoms with van der Waals surface area (Å²) in [6, 6.07) is 7.77. The summed E-state index contributed by atoms with van der Waals surface area (Å²) in [5, 5.41) is 3.88. The van der Waals surface area contributed by atoms with Crippen LogP contribution in [0.5, 0.6) is 0 Å².